The molecular formula is C16H22. The van der Waals surface area contributed by atoms with E-state index in [0.29, 0.717) is 0 Å². The van der Waals surface area contributed by atoms with E-state index in [2.05, 4.69) is 24.3 Å². The third-order valence-corrected chi connectivity index (χ3v) is 4.70. The first kappa shape index (κ1) is 10.4. The molecule has 0 amide bonds. The zero-order chi connectivity index (χ0) is 10.8. The highest BCUT2D eigenvalue weighted by molar-refractivity contribution is 5.28. The summed E-state index contributed by atoms with van der Waals surface area (Å²) < 4.78 is 0. The lowest BCUT2D eigenvalue weighted by Gasteiger charge is -2.22. The van der Waals surface area contributed by atoms with Crippen LogP contribution in [0.4, 0.5) is 0 Å². The monoisotopic (exact) mass is 214 g/mol. The summed E-state index contributed by atoms with van der Waals surface area (Å²) in [5, 5.41) is 0. The lowest BCUT2D eigenvalue weighted by atomic mass is 9.83. The Balaban J connectivity index is 1.85. The zero-order valence-electron chi connectivity index (χ0n) is 10.1. The molecule has 3 rings (SSSR count). The van der Waals surface area contributed by atoms with Gasteiger partial charge in [0.15, 0.2) is 0 Å². The van der Waals surface area contributed by atoms with Gasteiger partial charge < -0.3 is 0 Å². The Morgan fingerprint density at radius 2 is 1.50 bits per heavy atom. The maximum atomic E-state index is 2.36. The Bertz CT molecular complexity index is 353. The number of aryl methyl sites for hydroxylation is 1. The largest absolute Gasteiger partial charge is 0.0620 e. The molecule has 16 heavy (non-hydrogen) atoms. The van der Waals surface area contributed by atoms with E-state index < -0.39 is 0 Å². The molecule has 86 valence electrons. The second kappa shape index (κ2) is 4.61. The fraction of sp³-hybridized carbons (Fsp3) is 0.625. The van der Waals surface area contributed by atoms with Crippen LogP contribution in [0.1, 0.15) is 49.7 Å². The van der Waals surface area contributed by atoms with Gasteiger partial charge in [-0.25, -0.2) is 0 Å². The van der Waals surface area contributed by atoms with Crippen molar-refractivity contribution in [3.63, 3.8) is 0 Å². The summed E-state index contributed by atoms with van der Waals surface area (Å²) in [7, 11) is 0. The minimum absolute atomic E-state index is 0.992. The highest BCUT2D eigenvalue weighted by Crippen LogP contribution is 2.37. The van der Waals surface area contributed by atoms with Gasteiger partial charge in [0.25, 0.3) is 0 Å². The third kappa shape index (κ3) is 2.03. The third-order valence-electron chi connectivity index (χ3n) is 4.70. The van der Waals surface area contributed by atoms with Crippen molar-refractivity contribution in [2.45, 2.75) is 51.4 Å². The van der Waals surface area contributed by atoms with E-state index >= 15 is 0 Å². The summed E-state index contributed by atoms with van der Waals surface area (Å²) in [6, 6.07) is 9.14. The fourth-order valence-corrected chi connectivity index (χ4v) is 3.73. The quantitative estimate of drug-likeness (QED) is 0.601. The molecule has 0 unspecified atom stereocenters. The molecule has 0 bridgehead atoms. The van der Waals surface area contributed by atoms with Gasteiger partial charge in [-0.15, -0.1) is 0 Å². The molecule has 0 nitrogen and oxygen atoms in total. The molecule has 0 spiro atoms. The van der Waals surface area contributed by atoms with E-state index in [4.69, 9.17) is 0 Å². The molecule has 0 aliphatic heterocycles. The molecule has 0 aromatic heterocycles. The summed E-state index contributed by atoms with van der Waals surface area (Å²) in [4.78, 5) is 0. The van der Waals surface area contributed by atoms with E-state index in [1.165, 1.54) is 51.4 Å². The molecule has 1 aromatic rings. The standard InChI is InChI=1S/C16H22/c1-2-6-13-10-11-14-7-4-5-9-16(14)12-15(13)8-3-1/h4-5,7,9,13,15H,1-3,6,8,10-12H2/t13-,15-/m0/s1. The lowest BCUT2D eigenvalue weighted by molar-refractivity contribution is 0.302. The first-order chi connectivity index (χ1) is 7.93. The Morgan fingerprint density at radius 3 is 2.38 bits per heavy atom. The van der Waals surface area contributed by atoms with Crippen LogP contribution in [0.15, 0.2) is 24.3 Å². The van der Waals surface area contributed by atoms with E-state index in [1.54, 1.807) is 11.1 Å². The van der Waals surface area contributed by atoms with E-state index in [-0.39, 0.29) is 0 Å². The van der Waals surface area contributed by atoms with Crippen LogP contribution in [0.5, 0.6) is 0 Å². The smallest absolute Gasteiger partial charge is 0.0245 e. The molecule has 1 aromatic carbocycles. The molecule has 0 saturated heterocycles. The number of hydrogen-bond acceptors (Lipinski definition) is 0. The Morgan fingerprint density at radius 1 is 0.750 bits per heavy atom. The molecule has 1 fully saturated rings. The summed E-state index contributed by atoms with van der Waals surface area (Å²) in [5.74, 6) is 2.01. The molecular weight excluding hydrogens is 192 g/mol. The molecule has 0 heterocycles. The van der Waals surface area contributed by atoms with Crippen molar-refractivity contribution in [1.29, 1.82) is 0 Å². The number of fused-ring (bicyclic) bond motifs is 2. The zero-order valence-corrected chi connectivity index (χ0v) is 10.1. The first-order valence-corrected chi connectivity index (χ1v) is 7.00. The topological polar surface area (TPSA) is 0 Å². The predicted octanol–water partition coefficient (Wildman–Crippen LogP) is 4.37. The van der Waals surface area contributed by atoms with E-state index in [1.807, 2.05) is 0 Å². The number of rotatable bonds is 0. The maximum absolute atomic E-state index is 2.36. The summed E-state index contributed by atoms with van der Waals surface area (Å²) in [6.07, 6.45) is 11.6. The van der Waals surface area contributed by atoms with Crippen molar-refractivity contribution in [2.75, 3.05) is 0 Å². The number of hydrogen-bond donors (Lipinski definition) is 0. The van der Waals surface area contributed by atoms with Crippen molar-refractivity contribution in [3.05, 3.63) is 35.4 Å². The molecule has 2 aliphatic rings. The minimum Gasteiger partial charge on any atom is -0.0620 e. The Hall–Kier alpha value is -0.780. The fourth-order valence-electron chi connectivity index (χ4n) is 3.73. The van der Waals surface area contributed by atoms with Gasteiger partial charge in [0.05, 0.1) is 0 Å². The first-order valence-electron chi connectivity index (χ1n) is 7.00. The van der Waals surface area contributed by atoms with Gasteiger partial charge in [-0.1, -0.05) is 49.9 Å². The summed E-state index contributed by atoms with van der Waals surface area (Å²) in [5.41, 5.74) is 3.28. The molecule has 0 N–H and O–H groups in total. The van der Waals surface area contributed by atoms with Gasteiger partial charge in [0, 0.05) is 0 Å². The van der Waals surface area contributed by atoms with Gasteiger partial charge in [-0.3, -0.25) is 0 Å². The molecule has 0 heteroatoms. The van der Waals surface area contributed by atoms with Crippen molar-refractivity contribution in [2.24, 2.45) is 11.8 Å². The Labute approximate surface area is 99.1 Å². The Kier molecular flexibility index (Phi) is 2.99. The molecule has 0 radical (unpaired) electrons. The SMILES string of the molecule is c1ccc2c(c1)CC[C@@H]1CCCCC[C@H]1C2. The van der Waals surface area contributed by atoms with Crippen LogP contribution in [0, 0.1) is 11.8 Å². The van der Waals surface area contributed by atoms with Crippen LogP contribution in [-0.2, 0) is 12.8 Å². The van der Waals surface area contributed by atoms with E-state index in [0.717, 1.165) is 11.8 Å². The lowest BCUT2D eigenvalue weighted by Crippen LogP contribution is -2.14. The van der Waals surface area contributed by atoms with Crippen molar-refractivity contribution < 1.29 is 0 Å². The minimum atomic E-state index is 0.992. The van der Waals surface area contributed by atoms with Gasteiger partial charge in [-0.05, 0) is 48.6 Å². The van der Waals surface area contributed by atoms with Gasteiger partial charge in [0.1, 0.15) is 0 Å². The van der Waals surface area contributed by atoms with Gasteiger partial charge >= 0.3 is 0 Å². The predicted molar refractivity (Wildman–Crippen MR) is 68.5 cm³/mol. The van der Waals surface area contributed by atoms with Gasteiger partial charge in [0.2, 0.25) is 0 Å². The molecule has 2 atom stereocenters. The van der Waals surface area contributed by atoms with Crippen molar-refractivity contribution in [3.8, 4) is 0 Å². The average Bonchev–Trinajstić information content (AvgIpc) is 2.61. The van der Waals surface area contributed by atoms with Crippen LogP contribution in [0.25, 0.3) is 0 Å². The van der Waals surface area contributed by atoms with Crippen LogP contribution in [-0.4, -0.2) is 0 Å². The average molecular weight is 214 g/mol. The van der Waals surface area contributed by atoms with Crippen LogP contribution >= 0.6 is 0 Å². The second-order valence-electron chi connectivity index (χ2n) is 5.67. The van der Waals surface area contributed by atoms with Crippen LogP contribution in [0.3, 0.4) is 0 Å². The van der Waals surface area contributed by atoms with Crippen molar-refractivity contribution >= 4 is 0 Å². The van der Waals surface area contributed by atoms with E-state index in [9.17, 15) is 0 Å². The number of benzene rings is 1. The maximum Gasteiger partial charge on any atom is -0.0245 e. The molecule has 1 saturated carbocycles. The highest BCUT2D eigenvalue weighted by atomic mass is 14.3. The second-order valence-corrected chi connectivity index (χ2v) is 5.67. The summed E-state index contributed by atoms with van der Waals surface area (Å²) in [6.45, 7) is 0. The van der Waals surface area contributed by atoms with Crippen molar-refractivity contribution in [1.82, 2.24) is 0 Å². The van der Waals surface area contributed by atoms with Crippen LogP contribution in [0.2, 0.25) is 0 Å². The summed E-state index contributed by atoms with van der Waals surface area (Å²) >= 11 is 0. The highest BCUT2D eigenvalue weighted by Gasteiger charge is 2.26. The molecule has 2 aliphatic carbocycles. The van der Waals surface area contributed by atoms with Crippen LogP contribution < -0.4 is 0 Å². The normalized spacial score (nSPS) is 29.8. The van der Waals surface area contributed by atoms with Gasteiger partial charge in [-0.2, -0.15) is 0 Å².